The van der Waals surface area contributed by atoms with Crippen molar-refractivity contribution in [3.05, 3.63) is 85.1 Å². The second-order valence-corrected chi connectivity index (χ2v) is 13.3. The van der Waals surface area contributed by atoms with Crippen LogP contribution < -0.4 is 11.2 Å². The molecule has 0 saturated carbocycles. The van der Waals surface area contributed by atoms with Gasteiger partial charge in [0.1, 0.15) is 0 Å². The van der Waals surface area contributed by atoms with Crippen molar-refractivity contribution in [2.75, 3.05) is 0 Å². The Morgan fingerprint density at radius 2 is 1.53 bits per heavy atom. The molecule has 0 radical (unpaired) electrons. The van der Waals surface area contributed by atoms with Gasteiger partial charge in [0.05, 0.1) is 35.5 Å². The second-order valence-electron chi connectivity index (χ2n) is 12.3. The number of benzene rings is 1. The lowest BCUT2D eigenvalue weighted by Crippen LogP contribution is -2.39. The molecule has 0 amide bonds. The van der Waals surface area contributed by atoms with Gasteiger partial charge in [-0.3, -0.25) is 9.36 Å². The average Bonchev–Trinajstić information content (AvgIpc) is 3.58. The van der Waals surface area contributed by atoms with Gasteiger partial charge in [-0.05, 0) is 25.3 Å². The van der Waals surface area contributed by atoms with E-state index in [-0.39, 0.29) is 24.3 Å². The summed E-state index contributed by atoms with van der Waals surface area (Å²) in [6.45, 7) is 7.16. The van der Waals surface area contributed by atoms with Crippen LogP contribution in [0.15, 0.2) is 57.7 Å². The molecule has 0 saturated heterocycles. The maximum Gasteiger partial charge on any atom is 0.328 e. The van der Waals surface area contributed by atoms with E-state index in [1.165, 1.54) is 99.2 Å². The van der Waals surface area contributed by atoms with Crippen molar-refractivity contribution in [2.45, 2.75) is 155 Å². The molecular weight excluding hydrogens is 582 g/mol. The summed E-state index contributed by atoms with van der Waals surface area (Å²) in [5, 5.41) is 2.80. The van der Waals surface area contributed by atoms with E-state index in [2.05, 4.69) is 35.9 Å². The molecule has 1 aromatic carbocycles. The van der Waals surface area contributed by atoms with E-state index < -0.39 is 11.8 Å². The van der Waals surface area contributed by atoms with Crippen LogP contribution in [0.25, 0.3) is 0 Å². The number of ether oxygens (including phenoxy) is 2. The van der Waals surface area contributed by atoms with Crippen molar-refractivity contribution in [3.63, 3.8) is 0 Å². The van der Waals surface area contributed by atoms with Crippen molar-refractivity contribution < 1.29 is 9.47 Å². The van der Waals surface area contributed by atoms with Crippen molar-refractivity contribution in [3.8, 4) is 0 Å². The number of aromatic amines is 1. The van der Waals surface area contributed by atoms with E-state index in [4.69, 9.17) is 9.47 Å². The van der Waals surface area contributed by atoms with E-state index in [0.29, 0.717) is 25.0 Å². The standard InChI is InChI=1S/C37H57N3O4S/c1-4-6-7-8-9-10-11-12-13-14-15-16-20-23-34(30(3)43-29-31-21-18-17-19-22-31)44-33(5-2)32-28-39-37(42)40(36(32)41)26-24-35-38-25-27-45-35/h17-19,21-22,25,27-28,30,33-34H,4-16,20,23-24,26,29H2,1-3H3,(H,39,42). The van der Waals surface area contributed by atoms with Gasteiger partial charge in [-0.25, -0.2) is 9.78 Å². The third-order valence-corrected chi connectivity index (χ3v) is 9.49. The highest BCUT2D eigenvalue weighted by molar-refractivity contribution is 7.09. The van der Waals surface area contributed by atoms with Gasteiger partial charge >= 0.3 is 5.69 Å². The minimum absolute atomic E-state index is 0.147. The first-order valence-electron chi connectivity index (χ1n) is 17.5. The van der Waals surface area contributed by atoms with Gasteiger partial charge in [-0.1, -0.05) is 128 Å². The molecule has 3 rings (SSSR count). The molecule has 45 heavy (non-hydrogen) atoms. The maximum atomic E-state index is 13.5. The Hall–Kier alpha value is -2.55. The van der Waals surface area contributed by atoms with Crippen LogP contribution in [0.4, 0.5) is 0 Å². The summed E-state index contributed by atoms with van der Waals surface area (Å²) in [4.78, 5) is 33.2. The van der Waals surface area contributed by atoms with Gasteiger partial charge < -0.3 is 14.5 Å². The largest absolute Gasteiger partial charge is 0.371 e. The molecule has 7 nitrogen and oxygen atoms in total. The quantitative estimate of drug-likeness (QED) is 0.0935. The zero-order valence-electron chi connectivity index (χ0n) is 28.0. The van der Waals surface area contributed by atoms with E-state index in [0.717, 1.165) is 23.4 Å². The smallest absolute Gasteiger partial charge is 0.328 e. The molecule has 2 aromatic heterocycles. The van der Waals surface area contributed by atoms with E-state index >= 15 is 0 Å². The molecule has 0 aliphatic heterocycles. The number of thiazole rings is 1. The lowest BCUT2D eigenvalue weighted by Gasteiger charge is -2.29. The summed E-state index contributed by atoms with van der Waals surface area (Å²) < 4.78 is 14.3. The molecule has 3 unspecified atom stereocenters. The van der Waals surface area contributed by atoms with Crippen LogP contribution in [0.5, 0.6) is 0 Å². The monoisotopic (exact) mass is 639 g/mol. The molecule has 0 aliphatic rings. The molecular formula is C37H57N3O4S. The van der Waals surface area contributed by atoms with Crippen LogP contribution in [0.1, 0.15) is 139 Å². The number of H-pyrrole nitrogens is 1. The van der Waals surface area contributed by atoms with Gasteiger partial charge in [0.2, 0.25) is 0 Å². The molecule has 0 aliphatic carbocycles. The first-order chi connectivity index (χ1) is 22.0. The van der Waals surface area contributed by atoms with Crippen LogP contribution >= 0.6 is 11.3 Å². The molecule has 1 N–H and O–H groups in total. The fourth-order valence-electron chi connectivity index (χ4n) is 5.83. The minimum atomic E-state index is -0.435. The van der Waals surface area contributed by atoms with Crippen molar-refractivity contribution >= 4 is 11.3 Å². The first kappa shape index (κ1) is 36.9. The van der Waals surface area contributed by atoms with Crippen molar-refractivity contribution in [1.82, 2.24) is 14.5 Å². The molecule has 3 aromatic rings. The van der Waals surface area contributed by atoms with Gasteiger partial charge in [-0.2, -0.15) is 0 Å². The van der Waals surface area contributed by atoms with E-state index in [9.17, 15) is 9.59 Å². The van der Waals surface area contributed by atoms with Gasteiger partial charge in [0.15, 0.2) is 0 Å². The van der Waals surface area contributed by atoms with Crippen molar-refractivity contribution in [1.29, 1.82) is 0 Å². The summed E-state index contributed by atoms with van der Waals surface area (Å²) >= 11 is 1.53. The Bertz CT molecular complexity index is 1270. The molecule has 250 valence electrons. The lowest BCUT2D eigenvalue weighted by atomic mass is 10.0. The normalized spacial score (nSPS) is 13.6. The van der Waals surface area contributed by atoms with Crippen molar-refractivity contribution in [2.24, 2.45) is 0 Å². The van der Waals surface area contributed by atoms with Gasteiger partial charge in [0.25, 0.3) is 5.56 Å². The number of hydrogen-bond donors (Lipinski definition) is 1. The highest BCUT2D eigenvalue weighted by Gasteiger charge is 2.26. The number of rotatable bonds is 25. The zero-order valence-corrected chi connectivity index (χ0v) is 28.8. The summed E-state index contributed by atoms with van der Waals surface area (Å²) in [5.74, 6) is 0. The Morgan fingerprint density at radius 1 is 0.889 bits per heavy atom. The summed E-state index contributed by atoms with van der Waals surface area (Å²) in [5.41, 5.74) is 0.916. The van der Waals surface area contributed by atoms with Crippen LogP contribution in [0, 0.1) is 0 Å². The van der Waals surface area contributed by atoms with Gasteiger partial charge in [-0.15, -0.1) is 11.3 Å². The van der Waals surface area contributed by atoms with Crippen LogP contribution in [-0.2, 0) is 29.0 Å². The first-order valence-corrected chi connectivity index (χ1v) is 18.4. The average molecular weight is 640 g/mol. The molecule has 2 heterocycles. The number of aromatic nitrogens is 3. The third-order valence-electron chi connectivity index (χ3n) is 8.65. The fraction of sp³-hybridized carbons (Fsp3) is 0.649. The minimum Gasteiger partial charge on any atom is -0.371 e. The Morgan fingerprint density at radius 3 is 2.13 bits per heavy atom. The predicted octanol–water partition coefficient (Wildman–Crippen LogP) is 9.16. The number of nitrogens with one attached hydrogen (secondary N) is 1. The highest BCUT2D eigenvalue weighted by atomic mass is 32.1. The molecule has 0 bridgehead atoms. The number of nitrogens with zero attached hydrogens (tertiary/aromatic N) is 2. The zero-order chi connectivity index (χ0) is 32.1. The number of hydrogen-bond acceptors (Lipinski definition) is 6. The van der Waals surface area contributed by atoms with E-state index in [1.54, 1.807) is 6.20 Å². The van der Waals surface area contributed by atoms with Crippen LogP contribution in [0.2, 0.25) is 0 Å². The number of unbranched alkanes of at least 4 members (excludes halogenated alkanes) is 12. The second kappa shape index (κ2) is 22.1. The Labute approximate surface area is 274 Å². The maximum absolute atomic E-state index is 13.5. The number of aryl methyl sites for hydroxylation is 1. The van der Waals surface area contributed by atoms with Crippen LogP contribution in [0.3, 0.4) is 0 Å². The molecule has 3 atom stereocenters. The summed E-state index contributed by atoms with van der Waals surface area (Å²) in [6, 6.07) is 10.2. The summed E-state index contributed by atoms with van der Waals surface area (Å²) in [6.07, 6.45) is 21.6. The molecule has 0 fully saturated rings. The molecule has 8 heteroatoms. The lowest BCUT2D eigenvalue weighted by molar-refractivity contribution is -0.107. The Balaban J connectivity index is 1.54. The van der Waals surface area contributed by atoms with E-state index in [1.807, 2.05) is 30.5 Å². The SMILES string of the molecule is CCCCCCCCCCCCCCCC(OC(CC)c1c[nH]c(=O)n(CCc2nccs2)c1=O)C(C)OCc1ccccc1. The van der Waals surface area contributed by atoms with Crippen LogP contribution in [-0.4, -0.2) is 26.7 Å². The predicted molar refractivity (Wildman–Crippen MR) is 186 cm³/mol. The molecule has 0 spiro atoms. The topological polar surface area (TPSA) is 86.2 Å². The van der Waals surface area contributed by atoms with Gasteiger partial charge in [0, 0.05) is 30.7 Å². The third kappa shape index (κ3) is 13.8. The summed E-state index contributed by atoms with van der Waals surface area (Å²) in [7, 11) is 0. The highest BCUT2D eigenvalue weighted by Crippen LogP contribution is 2.25. The fourth-order valence-corrected chi connectivity index (χ4v) is 6.44. The Kier molecular flexibility index (Phi) is 18.1.